The van der Waals surface area contributed by atoms with Gasteiger partial charge in [0.1, 0.15) is 5.82 Å². The number of para-hydroxylation sites is 2. The van der Waals surface area contributed by atoms with Crippen LogP contribution in [0.25, 0.3) is 11.0 Å². The summed E-state index contributed by atoms with van der Waals surface area (Å²) in [5.41, 5.74) is 3.82. The number of amides is 1. The maximum Gasteiger partial charge on any atom is 0.246 e. The highest BCUT2D eigenvalue weighted by molar-refractivity contribution is 5.92. The van der Waals surface area contributed by atoms with E-state index in [1.165, 1.54) is 5.56 Å². The Labute approximate surface area is 148 Å². The number of aromatic nitrogens is 2. The van der Waals surface area contributed by atoms with Crippen molar-refractivity contribution in [3.05, 3.63) is 78.1 Å². The highest BCUT2D eigenvalue weighted by atomic mass is 16.1. The molecule has 1 unspecified atom stereocenters. The molecule has 1 atom stereocenters. The van der Waals surface area contributed by atoms with E-state index in [1.807, 2.05) is 31.2 Å². The molecule has 2 aromatic carbocycles. The quantitative estimate of drug-likeness (QED) is 0.692. The van der Waals surface area contributed by atoms with E-state index in [-0.39, 0.29) is 11.9 Å². The summed E-state index contributed by atoms with van der Waals surface area (Å²) >= 11 is 0. The van der Waals surface area contributed by atoms with Crippen LogP contribution >= 0.6 is 0 Å². The first kappa shape index (κ1) is 17.0. The van der Waals surface area contributed by atoms with Crippen LogP contribution in [0.3, 0.4) is 0 Å². The van der Waals surface area contributed by atoms with Crippen molar-refractivity contribution in [3.8, 4) is 0 Å². The number of hydrogen-bond donors (Lipinski definition) is 1. The Bertz CT molecular complexity index is 896. The third kappa shape index (κ3) is 3.79. The zero-order chi connectivity index (χ0) is 17.8. The molecule has 0 fully saturated rings. The summed E-state index contributed by atoms with van der Waals surface area (Å²) in [7, 11) is 0. The summed E-state index contributed by atoms with van der Waals surface area (Å²) in [5, 5.41) is 2.97. The fourth-order valence-electron chi connectivity index (χ4n) is 2.93. The van der Waals surface area contributed by atoms with Crippen LogP contribution in [0.2, 0.25) is 0 Å². The van der Waals surface area contributed by atoms with Crippen molar-refractivity contribution in [2.45, 2.75) is 32.9 Å². The number of nitrogens with one attached hydrogen (secondary N) is 1. The van der Waals surface area contributed by atoms with Crippen LogP contribution in [0.5, 0.6) is 0 Å². The largest absolute Gasteiger partial charge is 0.343 e. The van der Waals surface area contributed by atoms with E-state index in [0.717, 1.165) is 29.8 Å². The van der Waals surface area contributed by atoms with Gasteiger partial charge >= 0.3 is 0 Å². The molecule has 4 nitrogen and oxygen atoms in total. The lowest BCUT2D eigenvalue weighted by molar-refractivity contribution is -0.118. The van der Waals surface area contributed by atoms with Gasteiger partial charge in [-0.15, -0.1) is 0 Å². The molecule has 0 bridgehead atoms. The van der Waals surface area contributed by atoms with E-state index < -0.39 is 0 Å². The number of imidazole rings is 1. The average Bonchev–Trinajstić information content (AvgIpc) is 2.99. The number of aryl methyl sites for hydroxylation is 2. The first-order valence-electron chi connectivity index (χ1n) is 8.51. The van der Waals surface area contributed by atoms with Gasteiger partial charge in [0.25, 0.3) is 0 Å². The zero-order valence-corrected chi connectivity index (χ0v) is 14.7. The van der Waals surface area contributed by atoms with E-state index in [1.54, 1.807) is 6.92 Å². The number of benzene rings is 2. The average molecular weight is 333 g/mol. The van der Waals surface area contributed by atoms with Gasteiger partial charge in [-0.3, -0.25) is 4.79 Å². The molecule has 1 N–H and O–H groups in total. The lowest BCUT2D eigenvalue weighted by atomic mass is 10.1. The van der Waals surface area contributed by atoms with Gasteiger partial charge in [-0.05, 0) is 38.0 Å². The minimum Gasteiger partial charge on any atom is -0.343 e. The molecule has 128 valence electrons. The summed E-state index contributed by atoms with van der Waals surface area (Å²) in [6.45, 7) is 8.18. The lowest BCUT2D eigenvalue weighted by Gasteiger charge is -2.16. The Morgan fingerprint density at radius 2 is 1.84 bits per heavy atom. The molecule has 1 aromatic heterocycles. The second-order valence-corrected chi connectivity index (χ2v) is 6.32. The monoisotopic (exact) mass is 333 g/mol. The third-order valence-corrected chi connectivity index (χ3v) is 4.27. The molecule has 0 saturated heterocycles. The van der Waals surface area contributed by atoms with E-state index >= 15 is 0 Å². The van der Waals surface area contributed by atoms with Gasteiger partial charge in [0.05, 0.1) is 17.1 Å². The van der Waals surface area contributed by atoms with Crippen LogP contribution in [0.1, 0.15) is 31.3 Å². The molecular formula is C21H23N3O. The number of fused-ring (bicyclic) bond motifs is 1. The maximum atomic E-state index is 12.0. The number of carbonyl (C=O) groups excluding carboxylic acids is 1. The van der Waals surface area contributed by atoms with Crippen LogP contribution in [-0.2, 0) is 17.8 Å². The SMILES string of the molecule is C=C(C)C(=O)NC(C)c1nc2ccccc2n1CCc1ccccc1. The third-order valence-electron chi connectivity index (χ3n) is 4.27. The van der Waals surface area contributed by atoms with Crippen molar-refractivity contribution >= 4 is 16.9 Å². The Morgan fingerprint density at radius 1 is 1.16 bits per heavy atom. The number of rotatable bonds is 6. The molecular weight excluding hydrogens is 310 g/mol. The van der Waals surface area contributed by atoms with Gasteiger partial charge in [-0.1, -0.05) is 49.0 Å². The Hall–Kier alpha value is -2.88. The standard InChI is InChI=1S/C21H23N3O/c1-15(2)21(25)22-16(3)20-23-18-11-7-8-12-19(18)24(20)14-13-17-9-5-4-6-10-17/h4-12,16H,1,13-14H2,2-3H3,(H,22,25). The van der Waals surface area contributed by atoms with Crippen molar-refractivity contribution < 1.29 is 4.79 Å². The first-order valence-corrected chi connectivity index (χ1v) is 8.51. The second kappa shape index (κ2) is 7.34. The smallest absolute Gasteiger partial charge is 0.246 e. The minimum atomic E-state index is -0.188. The molecule has 0 saturated carbocycles. The van der Waals surface area contributed by atoms with Gasteiger partial charge in [0, 0.05) is 12.1 Å². The first-order chi connectivity index (χ1) is 12.1. The summed E-state index contributed by atoms with van der Waals surface area (Å²) in [5.74, 6) is 0.723. The molecule has 0 aliphatic heterocycles. The van der Waals surface area contributed by atoms with Crippen molar-refractivity contribution in [1.29, 1.82) is 0 Å². The second-order valence-electron chi connectivity index (χ2n) is 6.32. The molecule has 25 heavy (non-hydrogen) atoms. The molecule has 4 heteroatoms. The highest BCUT2D eigenvalue weighted by Crippen LogP contribution is 2.21. The minimum absolute atomic E-state index is 0.144. The Balaban J connectivity index is 1.91. The van der Waals surface area contributed by atoms with Crippen molar-refractivity contribution in [2.24, 2.45) is 0 Å². The predicted octanol–water partition coefficient (Wildman–Crippen LogP) is 4.03. The van der Waals surface area contributed by atoms with Crippen LogP contribution in [0, 0.1) is 0 Å². The normalized spacial score (nSPS) is 12.1. The van der Waals surface area contributed by atoms with Crippen molar-refractivity contribution in [1.82, 2.24) is 14.9 Å². The Kier molecular flexibility index (Phi) is 4.98. The summed E-state index contributed by atoms with van der Waals surface area (Å²) < 4.78 is 2.20. The van der Waals surface area contributed by atoms with E-state index in [2.05, 4.69) is 46.8 Å². The molecule has 0 aliphatic carbocycles. The highest BCUT2D eigenvalue weighted by Gasteiger charge is 2.18. The van der Waals surface area contributed by atoms with Gasteiger partial charge in [-0.25, -0.2) is 4.98 Å². The Morgan fingerprint density at radius 3 is 2.56 bits per heavy atom. The summed E-state index contributed by atoms with van der Waals surface area (Å²) in [6.07, 6.45) is 0.912. The van der Waals surface area contributed by atoms with E-state index in [4.69, 9.17) is 4.98 Å². The molecule has 3 aromatic rings. The van der Waals surface area contributed by atoms with Crippen LogP contribution in [0.15, 0.2) is 66.7 Å². The molecule has 1 heterocycles. The number of nitrogens with zero attached hydrogens (tertiary/aromatic N) is 2. The lowest BCUT2D eigenvalue weighted by Crippen LogP contribution is -2.29. The number of carbonyl (C=O) groups is 1. The molecule has 0 radical (unpaired) electrons. The predicted molar refractivity (Wildman–Crippen MR) is 101 cm³/mol. The topological polar surface area (TPSA) is 46.9 Å². The fourth-order valence-corrected chi connectivity index (χ4v) is 2.93. The van der Waals surface area contributed by atoms with Crippen LogP contribution < -0.4 is 5.32 Å². The van der Waals surface area contributed by atoms with Gasteiger partial charge in [0.15, 0.2) is 0 Å². The van der Waals surface area contributed by atoms with Crippen LogP contribution in [0.4, 0.5) is 0 Å². The zero-order valence-electron chi connectivity index (χ0n) is 14.7. The van der Waals surface area contributed by atoms with Crippen molar-refractivity contribution in [2.75, 3.05) is 0 Å². The van der Waals surface area contributed by atoms with Crippen molar-refractivity contribution in [3.63, 3.8) is 0 Å². The number of hydrogen-bond acceptors (Lipinski definition) is 2. The van der Waals surface area contributed by atoms with Gasteiger partial charge in [0.2, 0.25) is 5.91 Å². The van der Waals surface area contributed by atoms with Gasteiger partial charge < -0.3 is 9.88 Å². The van der Waals surface area contributed by atoms with E-state index in [9.17, 15) is 4.79 Å². The van der Waals surface area contributed by atoms with Gasteiger partial charge in [-0.2, -0.15) is 0 Å². The molecule has 3 rings (SSSR count). The molecule has 0 aliphatic rings. The summed E-state index contributed by atoms with van der Waals surface area (Å²) in [4.78, 5) is 16.7. The van der Waals surface area contributed by atoms with E-state index in [0.29, 0.717) is 5.57 Å². The molecule has 0 spiro atoms. The summed E-state index contributed by atoms with van der Waals surface area (Å²) in [6, 6.07) is 18.3. The fraction of sp³-hybridized carbons (Fsp3) is 0.238. The maximum absolute atomic E-state index is 12.0. The van der Waals surface area contributed by atoms with Crippen LogP contribution in [-0.4, -0.2) is 15.5 Å². The molecule has 1 amide bonds.